The Labute approximate surface area is 43.7 Å². The highest BCUT2D eigenvalue weighted by atomic mass is 16.4. The molecule has 42 valence electrons. The summed E-state index contributed by atoms with van der Waals surface area (Å²) in [4.78, 5) is 0. The molecule has 0 aromatic rings. The minimum atomic E-state index is -0.750. The summed E-state index contributed by atoms with van der Waals surface area (Å²) in [6.07, 6.45) is 1.39. The summed E-state index contributed by atoms with van der Waals surface area (Å²) in [6, 6.07) is 0. The molecule has 0 saturated carbocycles. The van der Waals surface area contributed by atoms with E-state index in [2.05, 4.69) is 5.32 Å². The summed E-state index contributed by atoms with van der Waals surface area (Å²) in [7, 11) is -0.750. The average molecular weight is 103 g/mol. The van der Waals surface area contributed by atoms with E-state index in [1.165, 1.54) is 19.5 Å². The lowest BCUT2D eigenvalue weighted by atomic mass is 10.3. The monoisotopic (exact) mass is 103 g/mol. The van der Waals surface area contributed by atoms with Crippen LogP contribution in [0.3, 0.4) is 0 Å². The summed E-state index contributed by atoms with van der Waals surface area (Å²) in [6.45, 7) is 2.50. The lowest BCUT2D eigenvalue weighted by Gasteiger charge is -2.09. The summed E-state index contributed by atoms with van der Waals surface area (Å²) >= 11 is 0. The van der Waals surface area contributed by atoms with Crippen LogP contribution < -0.4 is 5.32 Å². The zero-order chi connectivity index (χ0) is 5.54. The first-order chi connectivity index (χ1) is 3.41. The van der Waals surface area contributed by atoms with Crippen LogP contribution in [0, 0.1) is 0 Å². The first-order valence-electron chi connectivity index (χ1n) is 2.34. The maximum Gasteiger partial charge on any atom is 0.432 e. The van der Waals surface area contributed by atoms with E-state index in [9.17, 15) is 0 Å². The lowest BCUT2D eigenvalue weighted by Crippen LogP contribution is -2.29. The molecule has 0 atom stereocenters. The van der Waals surface area contributed by atoms with Gasteiger partial charge in [-0.25, -0.2) is 0 Å². The van der Waals surface area contributed by atoms with Crippen LogP contribution >= 0.6 is 0 Å². The minimum absolute atomic E-state index is 0.750. The Balaban J connectivity index is 0.000000110. The molecule has 1 saturated heterocycles. The molecule has 0 amide bonds. The van der Waals surface area contributed by atoms with E-state index in [4.69, 9.17) is 10.0 Å². The zero-order valence-electron chi connectivity index (χ0n) is 4.22. The maximum absolute atomic E-state index is 7.12. The van der Waals surface area contributed by atoms with Crippen LogP contribution in [0.15, 0.2) is 0 Å². The normalized spacial score (nSPS) is 15.7. The van der Waals surface area contributed by atoms with Crippen molar-refractivity contribution < 1.29 is 10.0 Å². The van der Waals surface area contributed by atoms with E-state index >= 15 is 0 Å². The molecule has 1 fully saturated rings. The molecule has 1 aliphatic heterocycles. The van der Waals surface area contributed by atoms with Crippen molar-refractivity contribution in [1.82, 2.24) is 5.32 Å². The molecule has 0 radical (unpaired) electrons. The number of hydrogen-bond donors (Lipinski definition) is 3. The number of nitrogens with one attached hydrogen (secondary N) is 1. The Morgan fingerprint density at radius 1 is 1.29 bits per heavy atom. The van der Waals surface area contributed by atoms with E-state index in [0.717, 1.165) is 0 Å². The topological polar surface area (TPSA) is 52.5 Å². The molecule has 1 aliphatic rings. The van der Waals surface area contributed by atoms with Gasteiger partial charge in [-0.1, -0.05) is 0 Å². The standard InChI is InChI=1S/C3H7N.BH3O2/c1-2-4-3-1;2-1-3/h4H,1-3H2;1-3H. The molecule has 0 aromatic carbocycles. The van der Waals surface area contributed by atoms with Gasteiger partial charge in [-0.2, -0.15) is 0 Å². The minimum Gasteiger partial charge on any atom is -0.430 e. The van der Waals surface area contributed by atoms with Crippen LogP contribution in [-0.4, -0.2) is 30.8 Å². The Morgan fingerprint density at radius 3 is 1.43 bits per heavy atom. The molecule has 0 aromatic heterocycles. The fraction of sp³-hybridized carbons (Fsp3) is 1.00. The fourth-order valence-electron chi connectivity index (χ4n) is 0.177. The molecule has 3 nitrogen and oxygen atoms in total. The van der Waals surface area contributed by atoms with Crippen LogP contribution in [0.5, 0.6) is 0 Å². The third-order valence-electron chi connectivity index (χ3n) is 0.707. The molecule has 1 rings (SSSR count). The molecule has 1 heterocycles. The Hall–Kier alpha value is -0.0551. The fourth-order valence-corrected chi connectivity index (χ4v) is 0.177. The van der Waals surface area contributed by atoms with Gasteiger partial charge in [0, 0.05) is 0 Å². The Morgan fingerprint density at radius 2 is 1.43 bits per heavy atom. The van der Waals surface area contributed by atoms with Crippen LogP contribution in [0.25, 0.3) is 0 Å². The van der Waals surface area contributed by atoms with Crippen molar-refractivity contribution in [3.63, 3.8) is 0 Å². The molecule has 0 spiro atoms. The van der Waals surface area contributed by atoms with Gasteiger partial charge in [0.05, 0.1) is 0 Å². The molecule has 7 heavy (non-hydrogen) atoms. The van der Waals surface area contributed by atoms with Crippen molar-refractivity contribution in [2.24, 2.45) is 0 Å². The van der Waals surface area contributed by atoms with Crippen molar-refractivity contribution in [1.29, 1.82) is 0 Å². The second kappa shape index (κ2) is 5.94. The van der Waals surface area contributed by atoms with Crippen molar-refractivity contribution in [2.45, 2.75) is 6.42 Å². The second-order valence-corrected chi connectivity index (χ2v) is 1.24. The van der Waals surface area contributed by atoms with Gasteiger partial charge in [0.1, 0.15) is 0 Å². The summed E-state index contributed by atoms with van der Waals surface area (Å²) in [5.41, 5.74) is 0. The summed E-state index contributed by atoms with van der Waals surface area (Å²) < 4.78 is 0. The van der Waals surface area contributed by atoms with Crippen molar-refractivity contribution in [3.05, 3.63) is 0 Å². The highest BCUT2D eigenvalue weighted by molar-refractivity contribution is 6.13. The predicted octanol–water partition coefficient (Wildman–Crippen LogP) is -1.78. The molecule has 0 bridgehead atoms. The van der Waals surface area contributed by atoms with Gasteiger partial charge in [-0.15, -0.1) is 0 Å². The molecular weight excluding hydrogens is 92.8 g/mol. The van der Waals surface area contributed by atoms with Gasteiger partial charge in [0.15, 0.2) is 0 Å². The zero-order valence-corrected chi connectivity index (χ0v) is 4.22. The van der Waals surface area contributed by atoms with Crippen LogP contribution in [0.1, 0.15) is 6.42 Å². The Kier molecular flexibility index (Phi) is 5.90. The van der Waals surface area contributed by atoms with Gasteiger partial charge < -0.3 is 15.4 Å². The summed E-state index contributed by atoms with van der Waals surface area (Å²) in [5.74, 6) is 0. The third kappa shape index (κ3) is 5.94. The highest BCUT2D eigenvalue weighted by Gasteiger charge is 1.92. The lowest BCUT2D eigenvalue weighted by molar-refractivity contribution is 0.448. The van der Waals surface area contributed by atoms with E-state index in [-0.39, 0.29) is 0 Å². The van der Waals surface area contributed by atoms with Gasteiger partial charge in [-0.05, 0) is 19.5 Å². The van der Waals surface area contributed by atoms with Crippen LogP contribution in [0.4, 0.5) is 0 Å². The first kappa shape index (κ1) is 6.94. The van der Waals surface area contributed by atoms with E-state index < -0.39 is 7.69 Å². The molecular formula is C3H10BNO2. The predicted molar refractivity (Wildman–Crippen MR) is 29.1 cm³/mol. The number of rotatable bonds is 0. The van der Waals surface area contributed by atoms with Gasteiger partial charge in [0.25, 0.3) is 0 Å². The van der Waals surface area contributed by atoms with Gasteiger partial charge in [0.2, 0.25) is 0 Å². The first-order valence-corrected chi connectivity index (χ1v) is 2.34. The van der Waals surface area contributed by atoms with Crippen molar-refractivity contribution in [3.8, 4) is 0 Å². The average Bonchev–Trinajstić information content (AvgIpc) is 1.27. The van der Waals surface area contributed by atoms with Crippen molar-refractivity contribution >= 4 is 7.69 Å². The maximum atomic E-state index is 7.12. The highest BCUT2D eigenvalue weighted by Crippen LogP contribution is 1.80. The smallest absolute Gasteiger partial charge is 0.430 e. The van der Waals surface area contributed by atoms with Crippen LogP contribution in [-0.2, 0) is 0 Å². The number of hydrogen-bond acceptors (Lipinski definition) is 3. The van der Waals surface area contributed by atoms with Crippen LogP contribution in [0.2, 0.25) is 0 Å². The SMILES string of the molecule is C1CNC1.OBO. The van der Waals surface area contributed by atoms with E-state index in [0.29, 0.717) is 0 Å². The molecule has 0 unspecified atom stereocenters. The molecule has 3 N–H and O–H groups in total. The second-order valence-electron chi connectivity index (χ2n) is 1.24. The summed E-state index contributed by atoms with van der Waals surface area (Å²) in [5, 5.41) is 17.4. The van der Waals surface area contributed by atoms with E-state index in [1.807, 2.05) is 0 Å². The molecule has 4 heteroatoms. The van der Waals surface area contributed by atoms with Crippen molar-refractivity contribution in [2.75, 3.05) is 13.1 Å². The largest absolute Gasteiger partial charge is 0.432 e. The Bertz CT molecular complexity index is 28.1. The molecule has 0 aliphatic carbocycles. The van der Waals surface area contributed by atoms with E-state index in [1.54, 1.807) is 0 Å². The van der Waals surface area contributed by atoms with Gasteiger partial charge in [-0.3, -0.25) is 0 Å². The third-order valence-corrected chi connectivity index (χ3v) is 0.707. The quantitative estimate of drug-likeness (QED) is 0.317. The van der Waals surface area contributed by atoms with Gasteiger partial charge >= 0.3 is 7.69 Å².